The van der Waals surface area contributed by atoms with Crippen LogP contribution in [0.5, 0.6) is 0 Å². The monoisotopic (exact) mass is 251 g/mol. The number of anilines is 1. The van der Waals surface area contributed by atoms with Crippen LogP contribution in [0.2, 0.25) is 0 Å². The summed E-state index contributed by atoms with van der Waals surface area (Å²) < 4.78 is 0. The van der Waals surface area contributed by atoms with E-state index in [0.717, 1.165) is 29.2 Å². The highest BCUT2D eigenvalue weighted by molar-refractivity contribution is 8.00. The van der Waals surface area contributed by atoms with E-state index in [4.69, 9.17) is 5.73 Å². The minimum Gasteiger partial charge on any atom is -0.329 e. The van der Waals surface area contributed by atoms with E-state index in [1.807, 2.05) is 13.0 Å². The molecular weight excluding hydrogens is 234 g/mol. The standard InChI is InChI=1S/C12H17N3OS/c1-8-12(16)15-10-6-9(7-14-5-4-13)2-3-11(10)17-8/h2-3,6,8,14H,4-5,7,13H2,1H3,(H,15,16). The molecule has 1 heterocycles. The largest absolute Gasteiger partial charge is 0.329 e. The Kier molecular flexibility index (Phi) is 4.04. The molecule has 1 aliphatic heterocycles. The van der Waals surface area contributed by atoms with E-state index in [-0.39, 0.29) is 11.2 Å². The summed E-state index contributed by atoms with van der Waals surface area (Å²) in [5.74, 6) is 0.0783. The average molecular weight is 251 g/mol. The summed E-state index contributed by atoms with van der Waals surface area (Å²) in [5, 5.41) is 6.15. The number of nitrogens with one attached hydrogen (secondary N) is 2. The zero-order valence-corrected chi connectivity index (χ0v) is 10.6. The quantitative estimate of drug-likeness (QED) is 0.703. The zero-order valence-electron chi connectivity index (χ0n) is 9.82. The highest BCUT2D eigenvalue weighted by Crippen LogP contribution is 2.35. The molecular formula is C12H17N3OS. The van der Waals surface area contributed by atoms with Gasteiger partial charge in [0.15, 0.2) is 0 Å². The van der Waals surface area contributed by atoms with Crippen LogP contribution >= 0.6 is 11.8 Å². The number of amides is 1. The first kappa shape index (κ1) is 12.4. The first-order valence-corrected chi connectivity index (χ1v) is 6.60. The molecule has 4 nitrogen and oxygen atoms in total. The number of nitrogens with two attached hydrogens (primary N) is 1. The first-order valence-electron chi connectivity index (χ1n) is 5.72. The molecule has 0 aliphatic carbocycles. The lowest BCUT2D eigenvalue weighted by molar-refractivity contribution is -0.115. The van der Waals surface area contributed by atoms with E-state index < -0.39 is 0 Å². The van der Waals surface area contributed by atoms with Crippen molar-refractivity contribution in [3.63, 3.8) is 0 Å². The summed E-state index contributed by atoms with van der Waals surface area (Å²) in [7, 11) is 0. The average Bonchev–Trinajstić information content (AvgIpc) is 2.31. The van der Waals surface area contributed by atoms with Gasteiger partial charge in [-0.2, -0.15) is 0 Å². The van der Waals surface area contributed by atoms with Crippen molar-refractivity contribution in [2.45, 2.75) is 23.6 Å². The van der Waals surface area contributed by atoms with Crippen LogP contribution < -0.4 is 16.4 Å². The molecule has 0 bridgehead atoms. The predicted octanol–water partition coefficient (Wildman–Crippen LogP) is 1.17. The van der Waals surface area contributed by atoms with E-state index in [1.165, 1.54) is 0 Å². The van der Waals surface area contributed by atoms with Crippen LogP contribution in [0.3, 0.4) is 0 Å². The smallest absolute Gasteiger partial charge is 0.237 e. The second-order valence-electron chi connectivity index (χ2n) is 4.05. The van der Waals surface area contributed by atoms with Crippen LogP contribution in [-0.2, 0) is 11.3 Å². The van der Waals surface area contributed by atoms with E-state index >= 15 is 0 Å². The lowest BCUT2D eigenvalue weighted by atomic mass is 10.2. The fourth-order valence-electron chi connectivity index (χ4n) is 1.70. The van der Waals surface area contributed by atoms with E-state index in [1.54, 1.807) is 11.8 Å². The zero-order chi connectivity index (χ0) is 12.3. The first-order chi connectivity index (χ1) is 8.20. The highest BCUT2D eigenvalue weighted by Gasteiger charge is 2.22. The SMILES string of the molecule is CC1Sc2ccc(CNCCN)cc2NC1=O. The number of fused-ring (bicyclic) bond motifs is 1. The third kappa shape index (κ3) is 3.00. The number of benzene rings is 1. The molecule has 1 aliphatic rings. The molecule has 1 aromatic rings. The molecule has 17 heavy (non-hydrogen) atoms. The van der Waals surface area contributed by atoms with Crippen molar-refractivity contribution < 1.29 is 4.79 Å². The maximum atomic E-state index is 11.6. The van der Waals surface area contributed by atoms with Crippen molar-refractivity contribution in [2.75, 3.05) is 18.4 Å². The highest BCUT2D eigenvalue weighted by atomic mass is 32.2. The van der Waals surface area contributed by atoms with Crippen LogP contribution in [0.25, 0.3) is 0 Å². The molecule has 0 spiro atoms. The Morgan fingerprint density at radius 1 is 1.53 bits per heavy atom. The summed E-state index contributed by atoms with van der Waals surface area (Å²) in [6, 6.07) is 6.17. The van der Waals surface area contributed by atoms with Crippen molar-refractivity contribution in [3.05, 3.63) is 23.8 Å². The Morgan fingerprint density at radius 2 is 2.35 bits per heavy atom. The van der Waals surface area contributed by atoms with E-state index in [9.17, 15) is 4.79 Å². The number of carbonyl (C=O) groups is 1. The fourth-order valence-corrected chi connectivity index (χ4v) is 2.63. The maximum absolute atomic E-state index is 11.6. The molecule has 1 aromatic carbocycles. The van der Waals surface area contributed by atoms with E-state index in [2.05, 4.69) is 22.8 Å². The van der Waals surface area contributed by atoms with Gasteiger partial charge < -0.3 is 16.4 Å². The van der Waals surface area contributed by atoms with Crippen LogP contribution in [-0.4, -0.2) is 24.2 Å². The number of hydrogen-bond donors (Lipinski definition) is 3. The van der Waals surface area contributed by atoms with Gasteiger partial charge in [-0.05, 0) is 24.6 Å². The third-order valence-corrected chi connectivity index (χ3v) is 3.80. The lowest BCUT2D eigenvalue weighted by Gasteiger charge is -2.21. The maximum Gasteiger partial charge on any atom is 0.237 e. The number of carbonyl (C=O) groups excluding carboxylic acids is 1. The van der Waals surface area contributed by atoms with Gasteiger partial charge in [0.2, 0.25) is 5.91 Å². The van der Waals surface area contributed by atoms with Gasteiger partial charge in [0.05, 0.1) is 10.9 Å². The summed E-state index contributed by atoms with van der Waals surface area (Å²) in [4.78, 5) is 12.7. The molecule has 0 aromatic heterocycles. The summed E-state index contributed by atoms with van der Waals surface area (Å²) in [6.45, 7) is 4.13. The van der Waals surface area contributed by atoms with Crippen molar-refractivity contribution in [2.24, 2.45) is 5.73 Å². The normalized spacial score (nSPS) is 18.7. The molecule has 0 saturated heterocycles. The molecule has 1 amide bonds. The Hall–Kier alpha value is -1.04. The summed E-state index contributed by atoms with van der Waals surface area (Å²) in [5.41, 5.74) is 7.50. The van der Waals surface area contributed by atoms with Gasteiger partial charge in [0.25, 0.3) is 0 Å². The van der Waals surface area contributed by atoms with Crippen LogP contribution in [0.15, 0.2) is 23.1 Å². The van der Waals surface area contributed by atoms with Crippen LogP contribution in [0.1, 0.15) is 12.5 Å². The van der Waals surface area contributed by atoms with Crippen molar-refractivity contribution >= 4 is 23.4 Å². The molecule has 4 N–H and O–H groups in total. The Morgan fingerprint density at radius 3 is 3.12 bits per heavy atom. The molecule has 2 rings (SSSR count). The second kappa shape index (κ2) is 5.53. The van der Waals surface area contributed by atoms with Gasteiger partial charge in [-0.3, -0.25) is 4.79 Å². The Balaban J connectivity index is 2.09. The van der Waals surface area contributed by atoms with Gasteiger partial charge in [-0.15, -0.1) is 11.8 Å². The number of rotatable bonds is 4. The summed E-state index contributed by atoms with van der Waals surface area (Å²) >= 11 is 1.60. The van der Waals surface area contributed by atoms with Crippen LogP contribution in [0, 0.1) is 0 Å². The van der Waals surface area contributed by atoms with Crippen LogP contribution in [0.4, 0.5) is 5.69 Å². The van der Waals surface area contributed by atoms with Gasteiger partial charge >= 0.3 is 0 Å². The van der Waals surface area contributed by atoms with Gasteiger partial charge in [0, 0.05) is 24.5 Å². The number of hydrogen-bond acceptors (Lipinski definition) is 4. The second-order valence-corrected chi connectivity index (χ2v) is 5.43. The van der Waals surface area contributed by atoms with Gasteiger partial charge in [-0.25, -0.2) is 0 Å². The molecule has 92 valence electrons. The lowest BCUT2D eigenvalue weighted by Crippen LogP contribution is -2.26. The molecule has 0 fully saturated rings. The summed E-state index contributed by atoms with van der Waals surface area (Å²) in [6.07, 6.45) is 0. The molecule has 5 heteroatoms. The fraction of sp³-hybridized carbons (Fsp3) is 0.417. The minimum atomic E-state index is -0.0104. The predicted molar refractivity (Wildman–Crippen MR) is 71.2 cm³/mol. The third-order valence-electron chi connectivity index (χ3n) is 2.63. The molecule has 1 unspecified atom stereocenters. The van der Waals surface area contributed by atoms with E-state index in [0.29, 0.717) is 6.54 Å². The van der Waals surface area contributed by atoms with Gasteiger partial charge in [0.1, 0.15) is 0 Å². The minimum absolute atomic E-state index is 0.0104. The van der Waals surface area contributed by atoms with Gasteiger partial charge in [-0.1, -0.05) is 6.07 Å². The topological polar surface area (TPSA) is 67.2 Å². The van der Waals surface area contributed by atoms with Crippen molar-refractivity contribution in [1.29, 1.82) is 0 Å². The Bertz CT molecular complexity index is 422. The van der Waals surface area contributed by atoms with Crippen molar-refractivity contribution in [3.8, 4) is 0 Å². The molecule has 0 radical (unpaired) electrons. The molecule has 0 saturated carbocycles. The van der Waals surface area contributed by atoms with Crippen molar-refractivity contribution in [1.82, 2.24) is 5.32 Å². The number of thioether (sulfide) groups is 1. The molecule has 1 atom stereocenters. The Labute approximate surface area is 105 Å².